The van der Waals surface area contributed by atoms with Gasteiger partial charge in [0, 0.05) is 42.9 Å². The number of rotatable bonds is 7. The van der Waals surface area contributed by atoms with Gasteiger partial charge in [0.2, 0.25) is 0 Å². The molecule has 0 spiro atoms. The van der Waals surface area contributed by atoms with Crippen molar-refractivity contribution in [3.05, 3.63) is 29.3 Å². The molecule has 0 radical (unpaired) electrons. The van der Waals surface area contributed by atoms with E-state index in [-0.39, 0.29) is 0 Å². The zero-order valence-electron chi connectivity index (χ0n) is 13.3. The van der Waals surface area contributed by atoms with Crippen molar-refractivity contribution >= 4 is 17.3 Å². The van der Waals surface area contributed by atoms with E-state index in [2.05, 4.69) is 41.1 Å². The maximum atomic E-state index is 6.08. The molecule has 0 amide bonds. The Labute approximate surface area is 134 Å². The minimum atomic E-state index is 0.685. The molecule has 1 aromatic rings. The normalized spacial score (nSPS) is 18.0. The van der Waals surface area contributed by atoms with Crippen LogP contribution in [0.15, 0.2) is 24.3 Å². The second-order valence-corrected chi connectivity index (χ2v) is 6.28. The zero-order valence-corrected chi connectivity index (χ0v) is 14.1. The molecule has 0 bridgehead atoms. The van der Waals surface area contributed by atoms with Gasteiger partial charge in [0.15, 0.2) is 0 Å². The average molecular weight is 310 g/mol. The van der Waals surface area contributed by atoms with Crippen molar-refractivity contribution in [3.63, 3.8) is 0 Å². The van der Waals surface area contributed by atoms with Crippen molar-refractivity contribution in [1.82, 2.24) is 10.2 Å². The summed E-state index contributed by atoms with van der Waals surface area (Å²) in [5.41, 5.74) is 1.25. The van der Waals surface area contributed by atoms with Gasteiger partial charge in [-0.15, -0.1) is 0 Å². The molecule has 2 rings (SSSR count). The standard InChI is InChI=1S/C17H28ClN3/c1-3-19-9-5-6-15(2)20-10-12-21(13-11-20)17-8-4-7-16(18)14-17/h4,7-8,14-15,19H,3,5-6,9-13H2,1-2H3. The number of anilines is 1. The molecule has 1 saturated heterocycles. The van der Waals surface area contributed by atoms with Crippen molar-refractivity contribution < 1.29 is 0 Å². The van der Waals surface area contributed by atoms with Crippen molar-refractivity contribution in [2.75, 3.05) is 44.2 Å². The summed E-state index contributed by atoms with van der Waals surface area (Å²) in [6.07, 6.45) is 2.55. The van der Waals surface area contributed by atoms with E-state index >= 15 is 0 Å². The fraction of sp³-hybridized carbons (Fsp3) is 0.647. The second-order valence-electron chi connectivity index (χ2n) is 5.85. The van der Waals surface area contributed by atoms with Crippen LogP contribution in [0, 0.1) is 0 Å². The van der Waals surface area contributed by atoms with E-state index in [1.807, 2.05) is 12.1 Å². The molecule has 0 aliphatic carbocycles. The molecular weight excluding hydrogens is 282 g/mol. The molecule has 1 atom stereocenters. The Hall–Kier alpha value is -0.770. The van der Waals surface area contributed by atoms with Gasteiger partial charge < -0.3 is 10.2 Å². The van der Waals surface area contributed by atoms with Crippen LogP contribution in [0.3, 0.4) is 0 Å². The van der Waals surface area contributed by atoms with E-state index in [4.69, 9.17) is 11.6 Å². The summed E-state index contributed by atoms with van der Waals surface area (Å²) in [4.78, 5) is 5.06. The monoisotopic (exact) mass is 309 g/mol. The Bertz CT molecular complexity index is 416. The maximum Gasteiger partial charge on any atom is 0.0426 e. The van der Waals surface area contributed by atoms with E-state index in [1.165, 1.54) is 18.5 Å². The van der Waals surface area contributed by atoms with Crippen LogP contribution in [0.4, 0.5) is 5.69 Å². The third kappa shape index (κ3) is 5.17. The lowest BCUT2D eigenvalue weighted by molar-refractivity contribution is 0.186. The van der Waals surface area contributed by atoms with Crippen LogP contribution >= 0.6 is 11.6 Å². The minimum Gasteiger partial charge on any atom is -0.369 e. The fourth-order valence-corrected chi connectivity index (χ4v) is 3.16. The van der Waals surface area contributed by atoms with E-state index < -0.39 is 0 Å². The van der Waals surface area contributed by atoms with Gasteiger partial charge in [0.25, 0.3) is 0 Å². The highest BCUT2D eigenvalue weighted by Gasteiger charge is 2.20. The summed E-state index contributed by atoms with van der Waals surface area (Å²) in [7, 11) is 0. The Morgan fingerprint density at radius 1 is 1.24 bits per heavy atom. The fourth-order valence-electron chi connectivity index (χ4n) is 2.98. The van der Waals surface area contributed by atoms with E-state index in [0.717, 1.165) is 44.3 Å². The summed E-state index contributed by atoms with van der Waals surface area (Å²) in [5, 5.41) is 4.23. The van der Waals surface area contributed by atoms with Crippen molar-refractivity contribution in [2.24, 2.45) is 0 Å². The Morgan fingerprint density at radius 3 is 2.67 bits per heavy atom. The number of nitrogens with zero attached hydrogens (tertiary/aromatic N) is 2. The maximum absolute atomic E-state index is 6.08. The van der Waals surface area contributed by atoms with E-state index in [1.54, 1.807) is 0 Å². The highest BCUT2D eigenvalue weighted by atomic mass is 35.5. The molecule has 0 aromatic heterocycles. The highest BCUT2D eigenvalue weighted by Crippen LogP contribution is 2.21. The van der Waals surface area contributed by atoms with Crippen LogP contribution in [0.25, 0.3) is 0 Å². The van der Waals surface area contributed by atoms with Gasteiger partial charge in [-0.25, -0.2) is 0 Å². The van der Waals surface area contributed by atoms with Gasteiger partial charge in [-0.3, -0.25) is 4.90 Å². The molecule has 1 fully saturated rings. The van der Waals surface area contributed by atoms with Crippen molar-refractivity contribution in [3.8, 4) is 0 Å². The van der Waals surface area contributed by atoms with Crippen LogP contribution in [0.2, 0.25) is 5.02 Å². The molecule has 1 heterocycles. The molecule has 4 heteroatoms. The van der Waals surface area contributed by atoms with E-state index in [0.29, 0.717) is 6.04 Å². The van der Waals surface area contributed by atoms with Crippen LogP contribution in [-0.4, -0.2) is 50.2 Å². The smallest absolute Gasteiger partial charge is 0.0426 e. The van der Waals surface area contributed by atoms with E-state index in [9.17, 15) is 0 Å². The molecule has 1 aromatic carbocycles. The number of nitrogens with one attached hydrogen (secondary N) is 1. The Kier molecular flexibility index (Phi) is 6.81. The molecule has 1 N–H and O–H groups in total. The molecule has 1 aliphatic heterocycles. The topological polar surface area (TPSA) is 18.5 Å². The Balaban J connectivity index is 1.75. The summed E-state index contributed by atoms with van der Waals surface area (Å²) in [5.74, 6) is 0. The molecule has 1 aliphatic rings. The predicted octanol–water partition coefficient (Wildman–Crippen LogP) is 3.24. The number of hydrogen-bond donors (Lipinski definition) is 1. The first kappa shape index (κ1) is 16.6. The number of halogens is 1. The summed E-state index contributed by atoms with van der Waals surface area (Å²) < 4.78 is 0. The first-order chi connectivity index (χ1) is 10.2. The zero-order chi connectivity index (χ0) is 15.1. The lowest BCUT2D eigenvalue weighted by Crippen LogP contribution is -2.49. The third-order valence-corrected chi connectivity index (χ3v) is 4.57. The molecule has 0 saturated carbocycles. The summed E-state index contributed by atoms with van der Waals surface area (Å²) in [6, 6.07) is 8.88. The molecule has 1 unspecified atom stereocenters. The van der Waals surface area contributed by atoms with Gasteiger partial charge in [-0.1, -0.05) is 24.6 Å². The van der Waals surface area contributed by atoms with Gasteiger partial charge in [0.1, 0.15) is 0 Å². The number of piperazine rings is 1. The first-order valence-corrected chi connectivity index (χ1v) is 8.53. The number of benzene rings is 1. The quantitative estimate of drug-likeness (QED) is 0.780. The van der Waals surface area contributed by atoms with Gasteiger partial charge in [0.05, 0.1) is 0 Å². The van der Waals surface area contributed by atoms with Crippen LogP contribution in [-0.2, 0) is 0 Å². The molecular formula is C17H28ClN3. The summed E-state index contributed by atoms with van der Waals surface area (Å²) in [6.45, 7) is 11.2. The van der Waals surface area contributed by atoms with Crippen molar-refractivity contribution in [1.29, 1.82) is 0 Å². The number of hydrogen-bond acceptors (Lipinski definition) is 3. The third-order valence-electron chi connectivity index (χ3n) is 4.34. The average Bonchev–Trinajstić information content (AvgIpc) is 2.51. The predicted molar refractivity (Wildman–Crippen MR) is 92.5 cm³/mol. The van der Waals surface area contributed by atoms with Crippen LogP contribution in [0.5, 0.6) is 0 Å². The SMILES string of the molecule is CCNCCCC(C)N1CCN(c2cccc(Cl)c2)CC1. The highest BCUT2D eigenvalue weighted by molar-refractivity contribution is 6.30. The molecule has 118 valence electrons. The van der Waals surface area contributed by atoms with Gasteiger partial charge in [-0.05, 0) is 51.1 Å². The lowest BCUT2D eigenvalue weighted by atomic mass is 10.1. The molecule has 3 nitrogen and oxygen atoms in total. The summed E-state index contributed by atoms with van der Waals surface area (Å²) >= 11 is 6.08. The van der Waals surface area contributed by atoms with Crippen LogP contribution in [0.1, 0.15) is 26.7 Å². The lowest BCUT2D eigenvalue weighted by Gasteiger charge is -2.39. The van der Waals surface area contributed by atoms with Crippen LogP contribution < -0.4 is 10.2 Å². The van der Waals surface area contributed by atoms with Gasteiger partial charge in [-0.2, -0.15) is 0 Å². The first-order valence-electron chi connectivity index (χ1n) is 8.16. The van der Waals surface area contributed by atoms with Gasteiger partial charge >= 0.3 is 0 Å². The van der Waals surface area contributed by atoms with Crippen molar-refractivity contribution in [2.45, 2.75) is 32.7 Å². The second kappa shape index (κ2) is 8.62. The largest absolute Gasteiger partial charge is 0.369 e. The molecule has 21 heavy (non-hydrogen) atoms. The minimum absolute atomic E-state index is 0.685. The Morgan fingerprint density at radius 2 is 2.00 bits per heavy atom.